The van der Waals surface area contributed by atoms with Crippen LogP contribution in [0.1, 0.15) is 18.5 Å². The summed E-state index contributed by atoms with van der Waals surface area (Å²) >= 11 is 0. The van der Waals surface area contributed by atoms with E-state index < -0.39 is 20.5 Å². The summed E-state index contributed by atoms with van der Waals surface area (Å²) < 4.78 is 26.3. The number of carbonyl (C=O) groups is 1. The van der Waals surface area contributed by atoms with E-state index in [9.17, 15) is 13.2 Å². The zero-order valence-electron chi connectivity index (χ0n) is 14.8. The number of aryl methyl sites for hydroxylation is 1. The van der Waals surface area contributed by atoms with Crippen molar-refractivity contribution in [1.82, 2.24) is 9.78 Å². The molecule has 1 amide bonds. The molecule has 0 radical (unpaired) electrons. The Kier molecular flexibility index (Phi) is 4.11. The molecule has 1 fully saturated rings. The lowest BCUT2D eigenvalue weighted by Gasteiger charge is -2.17. The topological polar surface area (TPSA) is 81.1 Å². The molecule has 0 spiro atoms. The minimum absolute atomic E-state index is 0.172. The van der Waals surface area contributed by atoms with Gasteiger partial charge in [-0.2, -0.15) is 5.10 Å². The van der Waals surface area contributed by atoms with Crippen molar-refractivity contribution in [2.45, 2.75) is 29.4 Å². The number of nitrogens with one attached hydrogen (secondary N) is 1. The second kappa shape index (κ2) is 6.35. The summed E-state index contributed by atoms with van der Waals surface area (Å²) in [5.74, 6) is -0.0540. The number of aromatic nitrogens is 2. The summed E-state index contributed by atoms with van der Waals surface area (Å²) in [6.07, 6.45) is 0.628. The third-order valence-electron chi connectivity index (χ3n) is 4.76. The summed E-state index contributed by atoms with van der Waals surface area (Å²) in [4.78, 5) is 13.1. The zero-order chi connectivity index (χ0) is 19.1. The van der Waals surface area contributed by atoms with Crippen molar-refractivity contribution in [2.75, 3.05) is 5.32 Å². The molecule has 1 aliphatic carbocycles. The molecule has 1 heterocycles. The molecular formula is C20H19N3O3S. The predicted octanol–water partition coefficient (Wildman–Crippen LogP) is 3.13. The Morgan fingerprint density at radius 2 is 1.63 bits per heavy atom. The van der Waals surface area contributed by atoms with Crippen LogP contribution in [0.25, 0.3) is 5.69 Å². The molecule has 0 bridgehead atoms. The number of sulfone groups is 1. The molecule has 0 unspecified atom stereocenters. The molecule has 0 saturated heterocycles. The number of benzene rings is 2. The minimum atomic E-state index is -3.76. The quantitative estimate of drug-likeness (QED) is 0.736. The van der Waals surface area contributed by atoms with E-state index in [1.807, 2.05) is 37.3 Å². The Balaban J connectivity index is 1.66. The Morgan fingerprint density at radius 3 is 2.22 bits per heavy atom. The number of hydrogen-bond acceptors (Lipinski definition) is 4. The molecule has 4 rings (SSSR count). The maximum atomic E-state index is 13.0. The van der Waals surface area contributed by atoms with Gasteiger partial charge in [-0.25, -0.2) is 13.1 Å². The minimum Gasteiger partial charge on any atom is -0.309 e. The number of carbonyl (C=O) groups excluding carboxylic acids is 1. The average molecular weight is 381 g/mol. The SMILES string of the molecule is Cc1cc(NC(=O)C2(S(=O)(=O)c3ccccc3)CC2)n(-c2ccccc2)n1. The maximum absolute atomic E-state index is 13.0. The van der Waals surface area contributed by atoms with Crippen LogP contribution in [0, 0.1) is 6.92 Å². The highest BCUT2D eigenvalue weighted by Gasteiger charge is 2.61. The third-order valence-corrected chi connectivity index (χ3v) is 7.27. The lowest BCUT2D eigenvalue weighted by Crippen LogP contribution is -2.38. The monoisotopic (exact) mass is 381 g/mol. The molecule has 0 aliphatic heterocycles. The summed E-state index contributed by atoms with van der Waals surface area (Å²) in [7, 11) is -3.76. The predicted molar refractivity (Wildman–Crippen MR) is 103 cm³/mol. The summed E-state index contributed by atoms with van der Waals surface area (Å²) in [6.45, 7) is 1.82. The van der Waals surface area contributed by atoms with Crippen LogP contribution in [0.4, 0.5) is 5.82 Å². The van der Waals surface area contributed by atoms with Gasteiger partial charge in [-0.05, 0) is 44.0 Å². The molecule has 2 aromatic carbocycles. The fourth-order valence-corrected chi connectivity index (χ4v) is 5.04. The van der Waals surface area contributed by atoms with Gasteiger partial charge in [0.05, 0.1) is 16.3 Å². The molecule has 1 N–H and O–H groups in total. The van der Waals surface area contributed by atoms with Gasteiger partial charge < -0.3 is 5.32 Å². The van der Waals surface area contributed by atoms with Gasteiger partial charge in [-0.15, -0.1) is 0 Å². The van der Waals surface area contributed by atoms with E-state index in [-0.39, 0.29) is 4.90 Å². The van der Waals surface area contributed by atoms with Crippen LogP contribution < -0.4 is 5.32 Å². The molecule has 1 saturated carbocycles. The normalized spacial score (nSPS) is 15.3. The van der Waals surface area contributed by atoms with Crippen LogP contribution in [0.2, 0.25) is 0 Å². The molecular weight excluding hydrogens is 362 g/mol. The Morgan fingerprint density at radius 1 is 1.04 bits per heavy atom. The van der Waals surface area contributed by atoms with E-state index in [2.05, 4.69) is 10.4 Å². The number of rotatable bonds is 5. The van der Waals surface area contributed by atoms with Crippen molar-refractivity contribution < 1.29 is 13.2 Å². The number of hydrogen-bond donors (Lipinski definition) is 1. The second-order valence-corrected chi connectivity index (χ2v) is 8.94. The van der Waals surface area contributed by atoms with E-state index in [0.29, 0.717) is 18.7 Å². The highest BCUT2D eigenvalue weighted by molar-refractivity contribution is 7.94. The number of nitrogens with zero attached hydrogens (tertiary/aromatic N) is 2. The van der Waals surface area contributed by atoms with Crippen molar-refractivity contribution in [3.8, 4) is 5.69 Å². The Hall–Kier alpha value is -2.93. The number of anilines is 1. The lowest BCUT2D eigenvalue weighted by atomic mass is 10.3. The molecule has 7 heteroatoms. The van der Waals surface area contributed by atoms with Gasteiger partial charge in [-0.3, -0.25) is 4.79 Å². The van der Waals surface area contributed by atoms with Gasteiger partial charge in [0.25, 0.3) is 0 Å². The molecule has 6 nitrogen and oxygen atoms in total. The highest BCUT2D eigenvalue weighted by Crippen LogP contribution is 2.47. The van der Waals surface area contributed by atoms with E-state index in [4.69, 9.17) is 0 Å². The van der Waals surface area contributed by atoms with Gasteiger partial charge in [0.1, 0.15) is 5.82 Å². The molecule has 1 aromatic heterocycles. The highest BCUT2D eigenvalue weighted by atomic mass is 32.2. The summed E-state index contributed by atoms with van der Waals surface area (Å²) in [5, 5.41) is 7.20. The van der Waals surface area contributed by atoms with Gasteiger partial charge in [0.15, 0.2) is 14.6 Å². The average Bonchev–Trinajstić information content (AvgIpc) is 3.43. The van der Waals surface area contributed by atoms with E-state index in [1.165, 1.54) is 12.1 Å². The molecule has 0 atom stereocenters. The number of para-hydroxylation sites is 1. The molecule has 27 heavy (non-hydrogen) atoms. The molecule has 1 aliphatic rings. The third kappa shape index (κ3) is 2.94. The van der Waals surface area contributed by atoms with Crippen LogP contribution in [0.3, 0.4) is 0 Å². The van der Waals surface area contributed by atoms with Gasteiger partial charge in [-0.1, -0.05) is 36.4 Å². The van der Waals surface area contributed by atoms with Crippen molar-refractivity contribution in [1.29, 1.82) is 0 Å². The summed E-state index contributed by atoms with van der Waals surface area (Å²) in [5.41, 5.74) is 1.52. The Bertz CT molecular complexity index is 1090. The van der Waals surface area contributed by atoms with Gasteiger partial charge in [0.2, 0.25) is 5.91 Å². The smallest absolute Gasteiger partial charge is 0.247 e. The fraction of sp³-hybridized carbons (Fsp3) is 0.200. The van der Waals surface area contributed by atoms with E-state index in [0.717, 1.165) is 11.4 Å². The Labute approximate surface area is 157 Å². The van der Waals surface area contributed by atoms with Crippen molar-refractivity contribution in [2.24, 2.45) is 0 Å². The van der Waals surface area contributed by atoms with Crippen molar-refractivity contribution >= 4 is 21.6 Å². The van der Waals surface area contributed by atoms with Crippen LogP contribution in [-0.2, 0) is 14.6 Å². The molecule has 3 aromatic rings. The first-order valence-corrected chi connectivity index (χ1v) is 10.2. The molecule has 138 valence electrons. The van der Waals surface area contributed by atoms with Gasteiger partial charge >= 0.3 is 0 Å². The first-order chi connectivity index (χ1) is 12.9. The largest absolute Gasteiger partial charge is 0.309 e. The standard InChI is InChI=1S/C20H19N3O3S/c1-15-14-18(23(22-15)16-8-4-2-5-9-16)21-19(24)20(12-13-20)27(25,26)17-10-6-3-7-11-17/h2-11,14H,12-13H2,1H3,(H,21,24). The van der Waals surface area contributed by atoms with Crippen LogP contribution in [0.15, 0.2) is 71.6 Å². The van der Waals surface area contributed by atoms with E-state index in [1.54, 1.807) is 28.9 Å². The second-order valence-electron chi connectivity index (χ2n) is 6.68. The first-order valence-electron chi connectivity index (χ1n) is 8.67. The number of amides is 1. The van der Waals surface area contributed by atoms with Crippen LogP contribution in [-0.4, -0.2) is 28.9 Å². The fourth-order valence-electron chi connectivity index (χ4n) is 3.14. The van der Waals surface area contributed by atoms with Crippen LogP contribution >= 0.6 is 0 Å². The summed E-state index contributed by atoms with van der Waals surface area (Å²) in [6, 6.07) is 19.2. The lowest BCUT2D eigenvalue weighted by molar-refractivity contribution is -0.116. The van der Waals surface area contributed by atoms with Crippen molar-refractivity contribution in [3.63, 3.8) is 0 Å². The van der Waals surface area contributed by atoms with E-state index >= 15 is 0 Å². The maximum Gasteiger partial charge on any atom is 0.247 e. The van der Waals surface area contributed by atoms with Crippen molar-refractivity contribution in [3.05, 3.63) is 72.4 Å². The van der Waals surface area contributed by atoms with Crippen LogP contribution in [0.5, 0.6) is 0 Å². The van der Waals surface area contributed by atoms with Gasteiger partial charge in [0, 0.05) is 6.07 Å². The zero-order valence-corrected chi connectivity index (χ0v) is 15.6. The first kappa shape index (κ1) is 17.5.